The molecular formula is C20H14S. The van der Waals surface area contributed by atoms with E-state index in [2.05, 4.69) is 72.8 Å². The van der Waals surface area contributed by atoms with Crippen molar-refractivity contribution in [3.63, 3.8) is 0 Å². The Morgan fingerprint density at radius 3 is 0.952 bits per heavy atom. The third-order valence-electron chi connectivity index (χ3n) is 4.39. The molecule has 0 heterocycles. The molecule has 0 aliphatic rings. The fourth-order valence-electron chi connectivity index (χ4n) is 3.58. The molecule has 0 atom stereocenters. The summed E-state index contributed by atoms with van der Waals surface area (Å²) in [6, 6.07) is 26.4. The molecule has 1 heteroatoms. The van der Waals surface area contributed by atoms with Gasteiger partial charge in [-0.25, -0.2) is 0 Å². The molecule has 0 aromatic heterocycles. The van der Waals surface area contributed by atoms with Gasteiger partial charge in [0.25, 0.3) is 0 Å². The smallest absolute Gasteiger partial charge is 0.00264 e. The number of hydrogen-bond acceptors (Lipinski definition) is 0. The van der Waals surface area contributed by atoms with Crippen LogP contribution >= 0.6 is 13.5 Å². The molecule has 0 unspecified atom stereocenters. The molecule has 0 aliphatic heterocycles. The molecule has 0 saturated heterocycles. The van der Waals surface area contributed by atoms with Gasteiger partial charge in [0, 0.05) is 0 Å². The SMILES string of the molecule is S.c1cc2cccc3c4cccc5cccc(c(c1)c23)c54. The lowest BCUT2D eigenvalue weighted by Crippen LogP contribution is -1.85. The Balaban J connectivity index is 0.00000115. The molecule has 0 saturated carbocycles. The zero-order valence-corrected chi connectivity index (χ0v) is 12.4. The summed E-state index contributed by atoms with van der Waals surface area (Å²) in [5.41, 5.74) is 0. The maximum absolute atomic E-state index is 2.25. The van der Waals surface area contributed by atoms with Crippen molar-refractivity contribution in [3.05, 3.63) is 72.8 Å². The number of rotatable bonds is 0. The lowest BCUT2D eigenvalue weighted by atomic mass is 9.90. The Morgan fingerprint density at radius 2 is 0.667 bits per heavy atom. The monoisotopic (exact) mass is 286 g/mol. The minimum Gasteiger partial charge on any atom is -0.197 e. The van der Waals surface area contributed by atoms with E-state index in [1.165, 1.54) is 43.1 Å². The van der Waals surface area contributed by atoms with Crippen LogP contribution in [0.2, 0.25) is 0 Å². The van der Waals surface area contributed by atoms with E-state index in [9.17, 15) is 0 Å². The van der Waals surface area contributed by atoms with Crippen LogP contribution in [-0.2, 0) is 0 Å². The Morgan fingerprint density at radius 1 is 0.381 bits per heavy atom. The van der Waals surface area contributed by atoms with Crippen molar-refractivity contribution in [2.75, 3.05) is 0 Å². The summed E-state index contributed by atoms with van der Waals surface area (Å²) in [5, 5.41) is 10.9. The molecule has 5 aromatic rings. The molecule has 0 amide bonds. The highest BCUT2D eigenvalue weighted by Gasteiger charge is 2.11. The van der Waals surface area contributed by atoms with E-state index in [0.717, 1.165) is 0 Å². The summed E-state index contributed by atoms with van der Waals surface area (Å²) in [5.74, 6) is 0. The number of benzene rings is 5. The van der Waals surface area contributed by atoms with Gasteiger partial charge in [-0.2, -0.15) is 13.5 Å². The molecule has 0 N–H and O–H groups in total. The molecular weight excluding hydrogens is 272 g/mol. The highest BCUT2D eigenvalue weighted by molar-refractivity contribution is 7.59. The summed E-state index contributed by atoms with van der Waals surface area (Å²) >= 11 is 0. The van der Waals surface area contributed by atoms with E-state index < -0.39 is 0 Å². The molecule has 5 rings (SSSR count). The van der Waals surface area contributed by atoms with E-state index in [1.807, 2.05) is 0 Å². The van der Waals surface area contributed by atoms with Crippen molar-refractivity contribution < 1.29 is 0 Å². The zero-order valence-electron chi connectivity index (χ0n) is 11.4. The predicted molar refractivity (Wildman–Crippen MR) is 98.0 cm³/mol. The molecule has 0 nitrogen and oxygen atoms in total. The number of fused-ring (bicyclic) bond motifs is 2. The molecule has 21 heavy (non-hydrogen) atoms. The van der Waals surface area contributed by atoms with Gasteiger partial charge in [-0.05, 0) is 43.1 Å². The van der Waals surface area contributed by atoms with Gasteiger partial charge in [-0.15, -0.1) is 0 Å². The van der Waals surface area contributed by atoms with Crippen molar-refractivity contribution in [3.8, 4) is 0 Å². The van der Waals surface area contributed by atoms with E-state index in [0.29, 0.717) is 0 Å². The van der Waals surface area contributed by atoms with Crippen LogP contribution in [0.15, 0.2) is 72.8 Å². The third-order valence-corrected chi connectivity index (χ3v) is 4.39. The minimum atomic E-state index is 0. The van der Waals surface area contributed by atoms with Crippen LogP contribution in [0.4, 0.5) is 0 Å². The Kier molecular flexibility index (Phi) is 2.60. The average Bonchev–Trinajstić information content (AvgIpc) is 2.52. The van der Waals surface area contributed by atoms with Crippen molar-refractivity contribution in [2.24, 2.45) is 0 Å². The van der Waals surface area contributed by atoms with Crippen molar-refractivity contribution in [1.29, 1.82) is 0 Å². The largest absolute Gasteiger partial charge is 0.197 e. The van der Waals surface area contributed by atoms with Crippen LogP contribution < -0.4 is 0 Å². The Labute approximate surface area is 129 Å². The van der Waals surface area contributed by atoms with Gasteiger partial charge in [0.15, 0.2) is 0 Å². The van der Waals surface area contributed by atoms with Gasteiger partial charge in [-0.1, -0.05) is 72.8 Å². The minimum absolute atomic E-state index is 0. The van der Waals surface area contributed by atoms with Gasteiger partial charge in [0.1, 0.15) is 0 Å². The highest BCUT2D eigenvalue weighted by atomic mass is 32.1. The normalized spacial score (nSPS) is 11.4. The molecule has 100 valence electrons. The molecule has 0 aliphatic carbocycles. The lowest BCUT2D eigenvalue weighted by molar-refractivity contribution is 1.78. The molecule has 0 radical (unpaired) electrons. The van der Waals surface area contributed by atoms with Crippen molar-refractivity contribution in [2.45, 2.75) is 0 Å². The first-order valence-corrected chi connectivity index (χ1v) is 6.98. The summed E-state index contributed by atoms with van der Waals surface area (Å²) in [4.78, 5) is 0. The van der Waals surface area contributed by atoms with Gasteiger partial charge >= 0.3 is 0 Å². The Bertz CT molecular complexity index is 923. The fraction of sp³-hybridized carbons (Fsp3) is 0. The van der Waals surface area contributed by atoms with E-state index >= 15 is 0 Å². The molecule has 0 spiro atoms. The van der Waals surface area contributed by atoms with Gasteiger partial charge in [0.2, 0.25) is 0 Å². The van der Waals surface area contributed by atoms with Crippen LogP contribution in [-0.4, -0.2) is 0 Å². The first-order valence-electron chi connectivity index (χ1n) is 6.98. The second-order valence-electron chi connectivity index (χ2n) is 5.42. The topological polar surface area (TPSA) is 0 Å². The summed E-state index contributed by atoms with van der Waals surface area (Å²) in [6.07, 6.45) is 0. The average molecular weight is 286 g/mol. The lowest BCUT2D eigenvalue weighted by Gasteiger charge is -2.13. The maximum atomic E-state index is 2.25. The van der Waals surface area contributed by atoms with Crippen LogP contribution in [0.25, 0.3) is 43.1 Å². The zero-order chi connectivity index (χ0) is 13.1. The molecule has 0 fully saturated rings. The predicted octanol–water partition coefficient (Wildman–Crippen LogP) is 5.85. The summed E-state index contributed by atoms with van der Waals surface area (Å²) in [6.45, 7) is 0. The van der Waals surface area contributed by atoms with E-state index in [4.69, 9.17) is 0 Å². The second kappa shape index (κ2) is 4.37. The van der Waals surface area contributed by atoms with Crippen LogP contribution in [0.1, 0.15) is 0 Å². The van der Waals surface area contributed by atoms with Gasteiger partial charge < -0.3 is 0 Å². The van der Waals surface area contributed by atoms with Crippen molar-refractivity contribution in [1.82, 2.24) is 0 Å². The quantitative estimate of drug-likeness (QED) is 0.247. The highest BCUT2D eigenvalue weighted by Crippen LogP contribution is 2.39. The first-order chi connectivity index (χ1) is 9.93. The van der Waals surface area contributed by atoms with E-state index in [-0.39, 0.29) is 13.5 Å². The van der Waals surface area contributed by atoms with Crippen LogP contribution in [0, 0.1) is 0 Å². The standard InChI is InChI=1S/C20H12.H2S/c1-5-13-6-2-11-17-18-12-4-8-14-7-3-10-16(20(14)18)15(9-1)19(13)17;/h1-12H;1H2. The third kappa shape index (κ3) is 1.52. The van der Waals surface area contributed by atoms with Crippen LogP contribution in [0.5, 0.6) is 0 Å². The molecule has 0 bridgehead atoms. The molecule has 5 aromatic carbocycles. The van der Waals surface area contributed by atoms with E-state index in [1.54, 1.807) is 0 Å². The van der Waals surface area contributed by atoms with Crippen molar-refractivity contribution >= 4 is 56.6 Å². The number of hydrogen-bond donors (Lipinski definition) is 0. The maximum Gasteiger partial charge on any atom is -0.00264 e. The van der Waals surface area contributed by atoms with Gasteiger partial charge in [0.05, 0.1) is 0 Å². The fourth-order valence-corrected chi connectivity index (χ4v) is 3.58. The second-order valence-corrected chi connectivity index (χ2v) is 5.42. The van der Waals surface area contributed by atoms with Gasteiger partial charge in [-0.3, -0.25) is 0 Å². The summed E-state index contributed by atoms with van der Waals surface area (Å²) < 4.78 is 0. The van der Waals surface area contributed by atoms with Crippen LogP contribution in [0.3, 0.4) is 0 Å². The first kappa shape index (κ1) is 12.5. The summed E-state index contributed by atoms with van der Waals surface area (Å²) in [7, 11) is 0. The Hall–Kier alpha value is -2.25.